The first-order valence-electron chi connectivity index (χ1n) is 8.09. The summed E-state index contributed by atoms with van der Waals surface area (Å²) in [6, 6.07) is 2.13. The van der Waals surface area contributed by atoms with Gasteiger partial charge in [0, 0.05) is 18.4 Å². The van der Waals surface area contributed by atoms with Gasteiger partial charge in [-0.15, -0.1) is 0 Å². The topological polar surface area (TPSA) is 97.7 Å². The van der Waals surface area contributed by atoms with Gasteiger partial charge in [0.1, 0.15) is 0 Å². The third-order valence-corrected chi connectivity index (χ3v) is 4.14. The zero-order chi connectivity index (χ0) is 17.3. The summed E-state index contributed by atoms with van der Waals surface area (Å²) in [4.78, 5) is 24.0. The van der Waals surface area contributed by atoms with Crippen molar-refractivity contribution in [3.05, 3.63) is 0 Å². The molecule has 7 heteroatoms. The number of carbonyl (C=O) groups is 2. The van der Waals surface area contributed by atoms with Crippen molar-refractivity contribution in [1.29, 1.82) is 5.26 Å². The molecule has 1 amide bonds. The van der Waals surface area contributed by atoms with E-state index in [1.807, 2.05) is 6.92 Å². The Morgan fingerprint density at radius 1 is 1.39 bits per heavy atom. The number of esters is 1. The molecule has 7 nitrogen and oxygen atoms in total. The number of alkyl carbamates (subject to hydrolysis) is 1. The molecule has 2 unspecified atom stereocenters. The van der Waals surface area contributed by atoms with E-state index in [4.69, 9.17) is 14.2 Å². The van der Waals surface area contributed by atoms with Crippen LogP contribution in [0.1, 0.15) is 33.6 Å². The smallest absolute Gasteiger partial charge is 0.407 e. The fourth-order valence-corrected chi connectivity index (χ4v) is 2.52. The molecule has 1 rings (SSSR count). The van der Waals surface area contributed by atoms with Crippen molar-refractivity contribution in [2.45, 2.75) is 33.6 Å². The molecule has 0 aliphatic carbocycles. The second-order valence-electron chi connectivity index (χ2n) is 5.71. The number of amides is 1. The zero-order valence-electron chi connectivity index (χ0n) is 14.1. The predicted molar refractivity (Wildman–Crippen MR) is 82.4 cm³/mol. The summed E-state index contributed by atoms with van der Waals surface area (Å²) in [5.74, 6) is -1.19. The summed E-state index contributed by atoms with van der Waals surface area (Å²) >= 11 is 0. The van der Waals surface area contributed by atoms with Crippen molar-refractivity contribution in [3.8, 4) is 6.07 Å². The normalized spacial score (nSPS) is 18.0. The summed E-state index contributed by atoms with van der Waals surface area (Å²) in [6.07, 6.45) is 1.20. The van der Waals surface area contributed by atoms with Crippen LogP contribution < -0.4 is 5.32 Å². The van der Waals surface area contributed by atoms with Gasteiger partial charge in [0.25, 0.3) is 0 Å². The third-order valence-electron chi connectivity index (χ3n) is 4.14. The molecule has 1 saturated heterocycles. The fraction of sp³-hybridized carbons (Fsp3) is 0.812. The van der Waals surface area contributed by atoms with Gasteiger partial charge < -0.3 is 19.5 Å². The Morgan fingerprint density at radius 3 is 2.57 bits per heavy atom. The fourth-order valence-electron chi connectivity index (χ4n) is 2.52. The number of nitrogens with zero attached hydrogens (tertiary/aromatic N) is 1. The van der Waals surface area contributed by atoms with Gasteiger partial charge in [-0.1, -0.05) is 20.3 Å². The maximum absolute atomic E-state index is 12.4. The second kappa shape index (κ2) is 9.36. The summed E-state index contributed by atoms with van der Waals surface area (Å²) in [5.41, 5.74) is -1.31. The van der Waals surface area contributed by atoms with E-state index in [-0.39, 0.29) is 19.1 Å². The van der Waals surface area contributed by atoms with Gasteiger partial charge in [0.2, 0.25) is 0 Å². The Balaban J connectivity index is 2.68. The van der Waals surface area contributed by atoms with Crippen molar-refractivity contribution < 1.29 is 23.8 Å². The number of hydrogen-bond acceptors (Lipinski definition) is 6. The maximum atomic E-state index is 12.4. The van der Waals surface area contributed by atoms with E-state index in [1.165, 1.54) is 0 Å². The van der Waals surface area contributed by atoms with E-state index in [0.717, 1.165) is 12.8 Å². The number of carbonyl (C=O) groups excluding carboxylic acids is 2. The highest BCUT2D eigenvalue weighted by atomic mass is 16.5. The molecule has 1 aliphatic heterocycles. The van der Waals surface area contributed by atoms with Crippen molar-refractivity contribution in [2.75, 3.05) is 33.0 Å². The summed E-state index contributed by atoms with van der Waals surface area (Å²) in [7, 11) is 0. The van der Waals surface area contributed by atoms with Crippen LogP contribution in [0.15, 0.2) is 0 Å². The highest BCUT2D eigenvalue weighted by Crippen LogP contribution is 2.40. The predicted octanol–water partition coefficient (Wildman–Crippen LogP) is 1.87. The first-order valence-corrected chi connectivity index (χ1v) is 8.09. The Kier molecular flexibility index (Phi) is 7.83. The molecule has 2 atom stereocenters. The SMILES string of the molecule is CCCCOC(=O)NCC(C)C(C#N)(C(=O)OCC)C1COC1. The molecule has 23 heavy (non-hydrogen) atoms. The largest absolute Gasteiger partial charge is 0.465 e. The van der Waals surface area contributed by atoms with E-state index in [0.29, 0.717) is 19.8 Å². The molecule has 0 aromatic rings. The van der Waals surface area contributed by atoms with E-state index < -0.39 is 23.4 Å². The number of ether oxygens (including phenoxy) is 3. The molecule has 0 aromatic carbocycles. The highest BCUT2D eigenvalue weighted by molar-refractivity contribution is 5.81. The average molecular weight is 326 g/mol. The molecule has 1 N–H and O–H groups in total. The van der Waals surface area contributed by atoms with Gasteiger partial charge in [-0.05, 0) is 13.3 Å². The standard InChI is InChI=1S/C16H26N2O5/c1-4-6-7-23-15(20)18-8-12(3)16(11-17,13-9-21-10-13)14(19)22-5-2/h12-13H,4-10H2,1-3H3,(H,18,20). The molecule has 1 heterocycles. The number of unbranched alkanes of at least 4 members (excludes halogenated alkanes) is 1. The lowest BCUT2D eigenvalue weighted by molar-refractivity contribution is -0.171. The van der Waals surface area contributed by atoms with Crippen LogP contribution in [0.4, 0.5) is 4.79 Å². The van der Waals surface area contributed by atoms with Crippen molar-refractivity contribution in [2.24, 2.45) is 17.3 Å². The van der Waals surface area contributed by atoms with Crippen LogP contribution in [-0.2, 0) is 19.0 Å². The van der Waals surface area contributed by atoms with Crippen LogP contribution in [0.5, 0.6) is 0 Å². The van der Waals surface area contributed by atoms with Gasteiger partial charge >= 0.3 is 12.1 Å². The monoisotopic (exact) mass is 326 g/mol. The number of nitrogens with one attached hydrogen (secondary N) is 1. The van der Waals surface area contributed by atoms with Gasteiger partial charge in [-0.2, -0.15) is 5.26 Å². The van der Waals surface area contributed by atoms with Gasteiger partial charge in [-0.25, -0.2) is 4.79 Å². The molecular formula is C16H26N2O5. The minimum Gasteiger partial charge on any atom is -0.465 e. The molecule has 0 spiro atoms. The Bertz CT molecular complexity index is 444. The van der Waals surface area contributed by atoms with Crippen LogP contribution in [0.3, 0.4) is 0 Å². The lowest BCUT2D eigenvalue weighted by atomic mass is 9.67. The van der Waals surface area contributed by atoms with E-state index in [1.54, 1.807) is 13.8 Å². The van der Waals surface area contributed by atoms with Crippen LogP contribution >= 0.6 is 0 Å². The van der Waals surface area contributed by atoms with Crippen LogP contribution in [0.25, 0.3) is 0 Å². The first kappa shape index (κ1) is 19.2. The quantitative estimate of drug-likeness (QED) is 0.513. The summed E-state index contributed by atoms with van der Waals surface area (Å²) in [5, 5.41) is 12.3. The molecule has 1 fully saturated rings. The molecule has 1 aliphatic rings. The van der Waals surface area contributed by atoms with Gasteiger partial charge in [0.05, 0.1) is 32.5 Å². The minimum atomic E-state index is -1.31. The molecule has 0 bridgehead atoms. The highest BCUT2D eigenvalue weighted by Gasteiger charge is 2.54. The third kappa shape index (κ3) is 4.58. The Morgan fingerprint density at radius 2 is 2.09 bits per heavy atom. The molecule has 0 saturated carbocycles. The molecule has 130 valence electrons. The molecular weight excluding hydrogens is 300 g/mol. The number of rotatable bonds is 9. The Hall–Kier alpha value is -1.81. The van der Waals surface area contributed by atoms with Crippen LogP contribution in [-0.4, -0.2) is 45.0 Å². The number of hydrogen-bond donors (Lipinski definition) is 1. The lowest BCUT2D eigenvalue weighted by Crippen LogP contribution is -2.54. The second-order valence-corrected chi connectivity index (χ2v) is 5.71. The van der Waals surface area contributed by atoms with Crippen molar-refractivity contribution in [1.82, 2.24) is 5.32 Å². The number of nitriles is 1. The summed E-state index contributed by atoms with van der Waals surface area (Å²) < 4.78 is 15.3. The van der Waals surface area contributed by atoms with Gasteiger partial charge in [0.15, 0.2) is 5.41 Å². The van der Waals surface area contributed by atoms with E-state index >= 15 is 0 Å². The minimum absolute atomic E-state index is 0.161. The van der Waals surface area contributed by atoms with Crippen molar-refractivity contribution >= 4 is 12.1 Å². The zero-order valence-corrected chi connectivity index (χ0v) is 14.1. The first-order chi connectivity index (χ1) is 11.0. The lowest BCUT2D eigenvalue weighted by Gasteiger charge is -2.41. The average Bonchev–Trinajstić information content (AvgIpc) is 2.48. The van der Waals surface area contributed by atoms with E-state index in [9.17, 15) is 14.9 Å². The van der Waals surface area contributed by atoms with Crippen LogP contribution in [0, 0.1) is 28.6 Å². The van der Waals surface area contributed by atoms with Gasteiger partial charge in [-0.3, -0.25) is 4.79 Å². The Labute approximate surface area is 137 Å². The van der Waals surface area contributed by atoms with Crippen molar-refractivity contribution in [3.63, 3.8) is 0 Å². The summed E-state index contributed by atoms with van der Waals surface area (Å²) in [6.45, 7) is 6.87. The molecule has 0 aromatic heterocycles. The molecule has 0 radical (unpaired) electrons. The van der Waals surface area contributed by atoms with Crippen LogP contribution in [0.2, 0.25) is 0 Å². The van der Waals surface area contributed by atoms with E-state index in [2.05, 4.69) is 11.4 Å². The maximum Gasteiger partial charge on any atom is 0.407 e.